The van der Waals surface area contributed by atoms with Crippen LogP contribution in [0, 0.1) is 17.6 Å². The summed E-state index contributed by atoms with van der Waals surface area (Å²) >= 11 is 1.38. The number of aromatic nitrogens is 3. The molecule has 234 valence electrons. The number of hydrogen-bond donors (Lipinski definition) is 0. The van der Waals surface area contributed by atoms with E-state index in [1.807, 2.05) is 0 Å². The van der Waals surface area contributed by atoms with Gasteiger partial charge < -0.3 is 14.5 Å². The van der Waals surface area contributed by atoms with E-state index in [1.165, 1.54) is 16.2 Å². The molecule has 6 rings (SSSR count). The summed E-state index contributed by atoms with van der Waals surface area (Å²) in [5.74, 6) is -3.39. The van der Waals surface area contributed by atoms with E-state index in [1.54, 1.807) is 5.38 Å². The van der Waals surface area contributed by atoms with Crippen molar-refractivity contribution in [3.8, 4) is 5.75 Å². The van der Waals surface area contributed by atoms with Gasteiger partial charge in [0.05, 0.1) is 22.2 Å². The van der Waals surface area contributed by atoms with Gasteiger partial charge in [0.15, 0.2) is 6.10 Å². The third-order valence-corrected chi connectivity index (χ3v) is 8.75. The number of nitrogens with zero attached hydrogens (tertiary/aromatic N) is 5. The van der Waals surface area contributed by atoms with Crippen molar-refractivity contribution in [3.05, 3.63) is 62.9 Å². The predicted molar refractivity (Wildman–Crippen MR) is 143 cm³/mol. The standard InChI is InChI=1S/C28H25F6N5O4S/c29-15-7-16(30)24(21(8-15)42-28(41)14-1-2-14)22-10-17(37-43-22)19-12-44-27(35-19)13-3-5-38(6-4-13)23(40)11-39-20(26(33)34)9-18(36-39)25(31)32/h7-9,12-14,22,25-26H,1-6,10-11H2. The van der Waals surface area contributed by atoms with Crippen LogP contribution in [0.15, 0.2) is 28.7 Å². The maximum absolute atomic E-state index is 14.8. The molecule has 0 spiro atoms. The van der Waals surface area contributed by atoms with E-state index in [0.29, 0.717) is 67.0 Å². The van der Waals surface area contributed by atoms with Crippen molar-refractivity contribution in [2.45, 2.75) is 63.5 Å². The summed E-state index contributed by atoms with van der Waals surface area (Å²) < 4.78 is 87.2. The molecule has 4 heterocycles. The summed E-state index contributed by atoms with van der Waals surface area (Å²) in [4.78, 5) is 36.6. The van der Waals surface area contributed by atoms with Gasteiger partial charge >= 0.3 is 5.97 Å². The van der Waals surface area contributed by atoms with Crippen LogP contribution in [0.2, 0.25) is 0 Å². The molecule has 2 fully saturated rings. The smallest absolute Gasteiger partial charge is 0.314 e. The summed E-state index contributed by atoms with van der Waals surface area (Å²) in [6.07, 6.45) is -4.55. The van der Waals surface area contributed by atoms with Crippen molar-refractivity contribution in [2.24, 2.45) is 11.1 Å². The third kappa shape index (κ3) is 6.30. The first kappa shape index (κ1) is 30.1. The Morgan fingerprint density at radius 2 is 1.80 bits per heavy atom. The number of rotatable bonds is 9. The Morgan fingerprint density at radius 3 is 2.48 bits per heavy atom. The Bertz CT molecular complexity index is 1600. The number of ether oxygens (including phenoxy) is 1. The van der Waals surface area contributed by atoms with Crippen molar-refractivity contribution >= 4 is 28.9 Å². The van der Waals surface area contributed by atoms with Gasteiger partial charge in [-0.3, -0.25) is 14.3 Å². The molecule has 1 aromatic carbocycles. The molecule has 0 N–H and O–H groups in total. The highest BCUT2D eigenvalue weighted by Gasteiger charge is 2.36. The Hall–Kier alpha value is -3.95. The molecular formula is C28H25F6N5O4S. The second kappa shape index (κ2) is 12.2. The van der Waals surface area contributed by atoms with Crippen LogP contribution >= 0.6 is 11.3 Å². The summed E-state index contributed by atoms with van der Waals surface area (Å²) in [6, 6.07) is 2.25. The Balaban J connectivity index is 1.06. The highest BCUT2D eigenvalue weighted by molar-refractivity contribution is 7.10. The van der Waals surface area contributed by atoms with E-state index in [0.717, 1.165) is 11.1 Å². The van der Waals surface area contributed by atoms with Crippen LogP contribution in [0.1, 0.15) is 84.6 Å². The molecule has 1 aliphatic carbocycles. The summed E-state index contributed by atoms with van der Waals surface area (Å²) in [5.41, 5.74) is -0.704. The first-order valence-corrected chi connectivity index (χ1v) is 14.8. The molecule has 1 saturated carbocycles. The molecule has 2 aliphatic heterocycles. The monoisotopic (exact) mass is 641 g/mol. The maximum Gasteiger partial charge on any atom is 0.314 e. The largest absolute Gasteiger partial charge is 0.426 e. The van der Waals surface area contributed by atoms with E-state index >= 15 is 0 Å². The molecule has 0 bridgehead atoms. The van der Waals surface area contributed by atoms with Crippen LogP contribution in [0.5, 0.6) is 5.75 Å². The minimum absolute atomic E-state index is 0.00809. The second-order valence-electron chi connectivity index (χ2n) is 10.8. The van der Waals surface area contributed by atoms with Gasteiger partial charge in [-0.15, -0.1) is 11.3 Å². The van der Waals surface area contributed by atoms with Gasteiger partial charge in [0.25, 0.3) is 12.9 Å². The van der Waals surface area contributed by atoms with Crippen LogP contribution < -0.4 is 4.74 Å². The molecule has 1 saturated heterocycles. The van der Waals surface area contributed by atoms with Gasteiger partial charge in [0.1, 0.15) is 41.0 Å². The van der Waals surface area contributed by atoms with E-state index in [4.69, 9.17) is 9.57 Å². The molecule has 1 amide bonds. The van der Waals surface area contributed by atoms with Gasteiger partial charge in [0.2, 0.25) is 5.91 Å². The number of likely N-dealkylation sites (tertiary alicyclic amines) is 1. The fourth-order valence-electron chi connectivity index (χ4n) is 5.22. The van der Waals surface area contributed by atoms with Crippen molar-refractivity contribution in [2.75, 3.05) is 13.1 Å². The van der Waals surface area contributed by atoms with Crippen molar-refractivity contribution in [3.63, 3.8) is 0 Å². The molecule has 16 heteroatoms. The first-order valence-electron chi connectivity index (χ1n) is 13.9. The van der Waals surface area contributed by atoms with Crippen LogP contribution in [0.25, 0.3) is 0 Å². The number of halogens is 6. The SMILES string of the molecule is O=C(Oc1cc(F)cc(F)c1C1CC(c2csc(C3CCN(C(=O)Cn4nc(C(F)F)cc4C(F)F)CC3)n2)=NO1)C1CC1. The van der Waals surface area contributed by atoms with Gasteiger partial charge in [-0.25, -0.2) is 31.3 Å². The number of hydrogen-bond acceptors (Lipinski definition) is 8. The molecule has 2 aromatic heterocycles. The van der Waals surface area contributed by atoms with E-state index in [2.05, 4.69) is 15.2 Å². The highest BCUT2D eigenvalue weighted by atomic mass is 32.1. The fraction of sp³-hybridized carbons (Fsp3) is 0.464. The van der Waals surface area contributed by atoms with E-state index < -0.39 is 60.4 Å². The van der Waals surface area contributed by atoms with Crippen molar-refractivity contribution in [1.29, 1.82) is 0 Å². The van der Waals surface area contributed by atoms with Crippen LogP contribution in [0.4, 0.5) is 26.3 Å². The average molecular weight is 642 g/mol. The van der Waals surface area contributed by atoms with Gasteiger partial charge in [-0.2, -0.15) is 5.10 Å². The lowest BCUT2D eigenvalue weighted by Crippen LogP contribution is -2.40. The topological polar surface area (TPSA) is 98.9 Å². The van der Waals surface area contributed by atoms with Gasteiger partial charge in [-0.1, -0.05) is 5.16 Å². The number of esters is 1. The number of carbonyl (C=O) groups excluding carboxylic acids is 2. The first-order chi connectivity index (χ1) is 21.1. The zero-order valence-corrected chi connectivity index (χ0v) is 23.7. The van der Waals surface area contributed by atoms with Gasteiger partial charge in [-0.05, 0) is 31.7 Å². The molecule has 1 atom stereocenters. The minimum Gasteiger partial charge on any atom is -0.426 e. The molecule has 44 heavy (non-hydrogen) atoms. The fourth-order valence-corrected chi connectivity index (χ4v) is 6.23. The molecule has 3 aromatic rings. The van der Waals surface area contributed by atoms with Crippen molar-refractivity contribution < 1.29 is 45.5 Å². The number of carbonyl (C=O) groups is 2. The summed E-state index contributed by atoms with van der Waals surface area (Å²) in [5, 5.41) is 10.1. The molecule has 9 nitrogen and oxygen atoms in total. The Morgan fingerprint density at radius 1 is 1.05 bits per heavy atom. The lowest BCUT2D eigenvalue weighted by molar-refractivity contribution is -0.136. The third-order valence-electron chi connectivity index (χ3n) is 7.75. The average Bonchev–Trinajstić information content (AvgIpc) is 3.33. The number of thiazole rings is 1. The van der Waals surface area contributed by atoms with E-state index in [9.17, 15) is 35.9 Å². The van der Waals surface area contributed by atoms with E-state index in [-0.39, 0.29) is 29.6 Å². The number of alkyl halides is 4. The Kier molecular flexibility index (Phi) is 8.35. The van der Waals surface area contributed by atoms with Crippen LogP contribution in [0.3, 0.4) is 0 Å². The highest BCUT2D eigenvalue weighted by Crippen LogP contribution is 2.40. The van der Waals surface area contributed by atoms with Crippen LogP contribution in [-0.2, 0) is 21.0 Å². The summed E-state index contributed by atoms with van der Waals surface area (Å²) in [6.45, 7) is 0.0447. The lowest BCUT2D eigenvalue weighted by atomic mass is 9.97. The number of amides is 1. The second-order valence-corrected chi connectivity index (χ2v) is 11.7. The molecule has 3 aliphatic rings. The number of benzene rings is 1. The zero-order chi connectivity index (χ0) is 31.1. The van der Waals surface area contributed by atoms with Crippen molar-refractivity contribution in [1.82, 2.24) is 19.7 Å². The molecule has 0 radical (unpaired) electrons. The van der Waals surface area contributed by atoms with Crippen LogP contribution in [-0.4, -0.2) is 50.3 Å². The summed E-state index contributed by atoms with van der Waals surface area (Å²) in [7, 11) is 0. The zero-order valence-electron chi connectivity index (χ0n) is 22.9. The quantitative estimate of drug-likeness (QED) is 0.160. The number of piperidine rings is 1. The normalized spacial score (nSPS) is 19.0. The Labute approximate surface area is 250 Å². The van der Waals surface area contributed by atoms with Gasteiger partial charge in [0, 0.05) is 42.9 Å². The maximum atomic E-state index is 14.8. The number of oxime groups is 1. The predicted octanol–water partition coefficient (Wildman–Crippen LogP) is 6.08. The molecular weight excluding hydrogens is 616 g/mol. The minimum atomic E-state index is -3.06. The molecule has 1 unspecified atom stereocenters. The lowest BCUT2D eigenvalue weighted by Gasteiger charge is -2.31.